The van der Waals surface area contributed by atoms with E-state index >= 15 is 0 Å². The van der Waals surface area contributed by atoms with E-state index in [0.29, 0.717) is 24.0 Å². The van der Waals surface area contributed by atoms with E-state index in [1.165, 1.54) is 38.5 Å². The van der Waals surface area contributed by atoms with Crippen LogP contribution in [0.1, 0.15) is 77.7 Å². The van der Waals surface area contributed by atoms with E-state index in [-0.39, 0.29) is 11.0 Å². The van der Waals surface area contributed by atoms with Crippen molar-refractivity contribution in [3.05, 3.63) is 47.5 Å². The van der Waals surface area contributed by atoms with Crippen LogP contribution in [0.25, 0.3) is 0 Å². The molecule has 0 aromatic heterocycles. The largest absolute Gasteiger partial charge is 0.414 e. The Morgan fingerprint density at radius 3 is 2.27 bits per heavy atom. The number of allylic oxidation sites excluding steroid dienone is 1. The Hall–Kier alpha value is -1.22. The van der Waals surface area contributed by atoms with Gasteiger partial charge in [-0.15, -0.1) is 0 Å². The van der Waals surface area contributed by atoms with Gasteiger partial charge in [-0.05, 0) is 126 Å². The highest BCUT2D eigenvalue weighted by molar-refractivity contribution is 6.70. The highest BCUT2D eigenvalue weighted by Gasteiger charge is 2.66. The van der Waals surface area contributed by atoms with Gasteiger partial charge in [0.1, 0.15) is 12.2 Å². The molecule has 1 aromatic carbocycles. The third-order valence-electron chi connectivity index (χ3n) is 11.0. The van der Waals surface area contributed by atoms with E-state index in [1.807, 2.05) is 6.07 Å². The van der Waals surface area contributed by atoms with Gasteiger partial charge in [0.2, 0.25) is 0 Å². The van der Waals surface area contributed by atoms with Gasteiger partial charge < -0.3 is 13.7 Å². The summed E-state index contributed by atoms with van der Waals surface area (Å²) >= 11 is 0. The summed E-state index contributed by atoms with van der Waals surface area (Å²) in [5.41, 5.74) is 3.99. The summed E-state index contributed by atoms with van der Waals surface area (Å²) in [4.78, 5) is 6.00. The number of hydrogen-bond acceptors (Lipinski definition) is 4. The predicted molar refractivity (Wildman–Crippen MR) is 171 cm³/mol. The van der Waals surface area contributed by atoms with E-state index < -0.39 is 16.6 Å². The van der Waals surface area contributed by atoms with Crippen LogP contribution in [0.15, 0.2) is 47.1 Å². The Morgan fingerprint density at radius 2 is 1.60 bits per heavy atom. The molecule has 0 N–H and O–H groups in total. The molecule has 4 aliphatic rings. The van der Waals surface area contributed by atoms with E-state index in [1.54, 1.807) is 5.57 Å². The summed E-state index contributed by atoms with van der Waals surface area (Å²) in [7, 11) is -3.38. The SMILES string of the molecule is C/C(=N/OCc1ccccc1)[C@@]1(O[Si](C)(C)C)CC[C@H]2[C@@H]3CC=C4C[C@@H](O[Si](C)(C)C)CC[C@]4(C)[C@H]3CC[C@@]21C. The first-order valence-electron chi connectivity index (χ1n) is 16.0. The zero-order valence-corrected chi connectivity index (χ0v) is 28.8. The molecule has 4 nitrogen and oxygen atoms in total. The van der Waals surface area contributed by atoms with E-state index in [2.05, 4.69) is 90.4 Å². The van der Waals surface area contributed by atoms with Crippen LogP contribution in [0.5, 0.6) is 0 Å². The molecule has 0 amide bonds. The maximum atomic E-state index is 7.30. The number of fused-ring (bicyclic) bond motifs is 5. The van der Waals surface area contributed by atoms with Gasteiger partial charge in [0.05, 0.1) is 5.71 Å². The van der Waals surface area contributed by atoms with Crippen LogP contribution in [0.2, 0.25) is 39.3 Å². The normalized spacial score (nSPS) is 38.2. The molecule has 7 atom stereocenters. The molecular weight excluding hydrogens is 527 g/mol. The van der Waals surface area contributed by atoms with Crippen molar-refractivity contribution < 1.29 is 13.7 Å². The van der Waals surface area contributed by atoms with E-state index in [4.69, 9.17) is 18.8 Å². The summed E-state index contributed by atoms with van der Waals surface area (Å²) in [6, 6.07) is 10.4. The van der Waals surface area contributed by atoms with Crippen molar-refractivity contribution in [2.24, 2.45) is 33.7 Å². The summed E-state index contributed by atoms with van der Waals surface area (Å²) in [6.45, 7) is 21.9. The topological polar surface area (TPSA) is 40.0 Å². The van der Waals surface area contributed by atoms with Crippen LogP contribution in [-0.2, 0) is 20.3 Å². The number of rotatable bonds is 8. The molecule has 5 rings (SSSR count). The Bertz CT molecular complexity index is 1120. The minimum absolute atomic E-state index is 0.0813. The van der Waals surface area contributed by atoms with Crippen molar-refractivity contribution in [2.45, 2.75) is 130 Å². The van der Waals surface area contributed by atoms with Gasteiger partial charge in [-0.25, -0.2) is 0 Å². The highest BCUT2D eigenvalue weighted by atomic mass is 28.4. The minimum Gasteiger partial charge on any atom is -0.414 e. The Labute approximate surface area is 246 Å². The quantitative estimate of drug-likeness (QED) is 0.133. The van der Waals surface area contributed by atoms with Crippen LogP contribution in [0.3, 0.4) is 0 Å². The molecular formula is C34H55NO3Si2. The van der Waals surface area contributed by atoms with Crippen LogP contribution in [0.4, 0.5) is 0 Å². The number of nitrogens with zero attached hydrogens (tertiary/aromatic N) is 1. The molecule has 0 spiro atoms. The lowest BCUT2D eigenvalue weighted by atomic mass is 9.46. The molecule has 3 saturated carbocycles. The summed E-state index contributed by atoms with van der Waals surface area (Å²) in [5, 5.41) is 4.81. The van der Waals surface area contributed by atoms with Crippen molar-refractivity contribution in [1.29, 1.82) is 0 Å². The molecule has 40 heavy (non-hydrogen) atoms. The smallest absolute Gasteiger partial charge is 0.185 e. The highest BCUT2D eigenvalue weighted by Crippen LogP contribution is 2.68. The van der Waals surface area contributed by atoms with E-state index in [9.17, 15) is 0 Å². The molecule has 0 saturated heterocycles. The third-order valence-corrected chi connectivity index (χ3v) is 13.0. The van der Waals surface area contributed by atoms with Crippen molar-refractivity contribution in [3.8, 4) is 0 Å². The Morgan fingerprint density at radius 1 is 0.900 bits per heavy atom. The monoisotopic (exact) mass is 581 g/mol. The molecule has 0 radical (unpaired) electrons. The van der Waals surface area contributed by atoms with Crippen molar-refractivity contribution in [1.82, 2.24) is 0 Å². The average molecular weight is 582 g/mol. The first kappa shape index (κ1) is 30.2. The van der Waals surface area contributed by atoms with Crippen LogP contribution >= 0.6 is 0 Å². The molecule has 0 heterocycles. The second kappa shape index (κ2) is 10.8. The fourth-order valence-electron chi connectivity index (χ4n) is 9.44. The fourth-order valence-corrected chi connectivity index (χ4v) is 12.2. The number of oxime groups is 1. The fraction of sp³-hybridized carbons (Fsp3) is 0.735. The van der Waals surface area contributed by atoms with Crippen molar-refractivity contribution in [2.75, 3.05) is 0 Å². The average Bonchev–Trinajstić information content (AvgIpc) is 3.15. The van der Waals surface area contributed by atoms with Crippen LogP contribution < -0.4 is 0 Å². The predicted octanol–water partition coefficient (Wildman–Crippen LogP) is 9.35. The third kappa shape index (κ3) is 5.59. The maximum absolute atomic E-state index is 7.30. The second-order valence-electron chi connectivity index (χ2n) is 15.8. The zero-order valence-electron chi connectivity index (χ0n) is 26.8. The van der Waals surface area contributed by atoms with Crippen molar-refractivity contribution in [3.63, 3.8) is 0 Å². The molecule has 0 aliphatic heterocycles. The van der Waals surface area contributed by atoms with Gasteiger partial charge in [0.25, 0.3) is 0 Å². The first-order valence-corrected chi connectivity index (χ1v) is 22.8. The van der Waals surface area contributed by atoms with Gasteiger partial charge in [-0.2, -0.15) is 0 Å². The summed E-state index contributed by atoms with van der Waals surface area (Å²) < 4.78 is 13.9. The first-order chi connectivity index (χ1) is 18.7. The molecule has 0 unspecified atom stereocenters. The standard InChI is InChI=1S/C34H55NO3Si2/c1-25(35-36-24-26-13-11-10-12-14-26)34(38-40(7,8)9)22-19-31-29-16-15-27-23-28(37-39(4,5)6)17-20-32(27,2)30(29)18-21-33(31,34)3/h10-15,28-31H,16-24H2,1-9H3/b35-25-/t28-,29+,30-,31-,32-,33-,34-/m0/s1. The molecule has 6 heteroatoms. The molecule has 3 fully saturated rings. The maximum Gasteiger partial charge on any atom is 0.185 e. The number of benzene rings is 1. The van der Waals surface area contributed by atoms with Crippen molar-refractivity contribution >= 4 is 22.3 Å². The molecule has 4 aliphatic carbocycles. The second-order valence-corrected chi connectivity index (χ2v) is 24.7. The van der Waals surface area contributed by atoms with Gasteiger partial charge in [-0.1, -0.05) is 61.0 Å². The van der Waals surface area contributed by atoms with Crippen LogP contribution in [-0.4, -0.2) is 34.1 Å². The minimum atomic E-state index is -1.86. The Balaban J connectivity index is 1.40. The van der Waals surface area contributed by atoms with Crippen LogP contribution in [0, 0.1) is 28.6 Å². The molecule has 1 aromatic rings. The lowest BCUT2D eigenvalue weighted by Gasteiger charge is -2.60. The number of hydrogen-bond donors (Lipinski definition) is 0. The lowest BCUT2D eigenvalue weighted by Crippen LogP contribution is -2.60. The molecule has 0 bridgehead atoms. The Kier molecular flexibility index (Phi) is 8.17. The summed E-state index contributed by atoms with van der Waals surface area (Å²) in [6.07, 6.45) is 12.8. The van der Waals surface area contributed by atoms with E-state index in [0.717, 1.165) is 36.0 Å². The molecule has 222 valence electrons. The van der Waals surface area contributed by atoms with Gasteiger partial charge >= 0.3 is 0 Å². The lowest BCUT2D eigenvalue weighted by molar-refractivity contribution is -0.0869. The van der Waals surface area contributed by atoms with Gasteiger partial charge in [0.15, 0.2) is 16.6 Å². The van der Waals surface area contributed by atoms with Gasteiger partial charge in [-0.3, -0.25) is 0 Å². The summed E-state index contributed by atoms with van der Waals surface area (Å²) in [5.74, 6) is 2.16. The zero-order chi connectivity index (χ0) is 29.0. The van der Waals surface area contributed by atoms with Gasteiger partial charge in [0, 0.05) is 11.5 Å².